The normalized spacial score (nSPS) is 12.3. The van der Waals surface area contributed by atoms with Gasteiger partial charge >= 0.3 is 5.97 Å². The van der Waals surface area contributed by atoms with Gasteiger partial charge in [-0.1, -0.05) is 43.7 Å². The highest BCUT2D eigenvalue weighted by Gasteiger charge is 2.18. The second kappa shape index (κ2) is 10.1. The molecule has 5 heteroatoms. The molecule has 0 aliphatic heterocycles. The third-order valence-electron chi connectivity index (χ3n) is 3.14. The number of nitrogens with zero attached hydrogens (tertiary/aromatic N) is 1. The van der Waals surface area contributed by atoms with E-state index in [-0.39, 0.29) is 17.0 Å². The Morgan fingerprint density at radius 3 is 2.59 bits per heavy atom. The van der Waals surface area contributed by atoms with Gasteiger partial charge in [-0.25, -0.2) is 0 Å². The molecule has 0 spiro atoms. The van der Waals surface area contributed by atoms with Crippen LogP contribution in [0.3, 0.4) is 0 Å². The first kappa shape index (κ1) is 18.3. The summed E-state index contributed by atoms with van der Waals surface area (Å²) in [4.78, 5) is 24.8. The van der Waals surface area contributed by atoms with Crippen molar-refractivity contribution in [3.05, 3.63) is 42.0 Å². The van der Waals surface area contributed by atoms with Crippen molar-refractivity contribution in [2.24, 2.45) is 0 Å². The number of carboxylic acid groups (broad SMARTS) is 1. The van der Waals surface area contributed by atoms with Gasteiger partial charge in [0.25, 0.3) is 0 Å². The van der Waals surface area contributed by atoms with Gasteiger partial charge in [-0.05, 0) is 25.0 Å². The molecule has 0 aromatic heterocycles. The zero-order valence-electron chi connectivity index (χ0n) is 13.1. The molecule has 4 nitrogen and oxygen atoms in total. The van der Waals surface area contributed by atoms with Gasteiger partial charge in [0.15, 0.2) is 0 Å². The maximum atomic E-state index is 12.4. The van der Waals surface area contributed by atoms with Gasteiger partial charge in [-0.15, -0.1) is 11.8 Å². The molecule has 120 valence electrons. The van der Waals surface area contributed by atoms with E-state index in [1.54, 1.807) is 17.1 Å². The lowest BCUT2D eigenvalue weighted by molar-refractivity contribution is -0.134. The number of carboxylic acids is 1. The zero-order chi connectivity index (χ0) is 16.4. The molecule has 0 fully saturated rings. The predicted molar refractivity (Wildman–Crippen MR) is 91.7 cm³/mol. The van der Waals surface area contributed by atoms with Crippen LogP contribution in [0.25, 0.3) is 6.08 Å². The van der Waals surface area contributed by atoms with Crippen molar-refractivity contribution in [1.82, 2.24) is 4.90 Å². The number of carbonyl (C=O) groups is 2. The maximum Gasteiger partial charge on any atom is 0.313 e. The number of benzene rings is 1. The summed E-state index contributed by atoms with van der Waals surface area (Å²) in [5.74, 6) is -0.943. The van der Waals surface area contributed by atoms with E-state index in [4.69, 9.17) is 5.11 Å². The van der Waals surface area contributed by atoms with Crippen LogP contribution < -0.4 is 0 Å². The van der Waals surface area contributed by atoms with Crippen LogP contribution >= 0.6 is 11.8 Å². The predicted octanol–water partition coefficient (Wildman–Crippen LogP) is 3.49. The van der Waals surface area contributed by atoms with E-state index >= 15 is 0 Å². The number of thioether (sulfide) groups is 1. The average molecular weight is 321 g/mol. The van der Waals surface area contributed by atoms with Crippen molar-refractivity contribution in [3.8, 4) is 0 Å². The summed E-state index contributed by atoms with van der Waals surface area (Å²) in [6, 6.07) is 9.64. The molecule has 1 unspecified atom stereocenters. The Morgan fingerprint density at radius 2 is 2.00 bits per heavy atom. The second-order valence-corrected chi connectivity index (χ2v) is 6.24. The number of rotatable bonds is 9. The lowest BCUT2D eigenvalue weighted by Gasteiger charge is -2.27. The van der Waals surface area contributed by atoms with Crippen molar-refractivity contribution in [3.63, 3.8) is 0 Å². The Hall–Kier alpha value is -1.75. The summed E-state index contributed by atoms with van der Waals surface area (Å²) in [6.45, 7) is 4.58. The van der Waals surface area contributed by atoms with E-state index in [9.17, 15) is 9.59 Å². The summed E-state index contributed by atoms with van der Waals surface area (Å²) < 4.78 is 0. The minimum atomic E-state index is -0.862. The fourth-order valence-electron chi connectivity index (χ4n) is 1.91. The van der Waals surface area contributed by atoms with Crippen LogP contribution in [0.1, 0.15) is 32.3 Å². The van der Waals surface area contributed by atoms with Crippen molar-refractivity contribution in [2.75, 3.05) is 12.3 Å². The topological polar surface area (TPSA) is 57.6 Å². The van der Waals surface area contributed by atoms with Crippen molar-refractivity contribution in [1.29, 1.82) is 0 Å². The third-order valence-corrected chi connectivity index (χ3v) is 4.29. The molecular formula is C17H23NO3S. The van der Waals surface area contributed by atoms with E-state index in [1.807, 2.05) is 37.3 Å². The molecule has 0 aliphatic rings. The minimum Gasteiger partial charge on any atom is -0.481 e. The van der Waals surface area contributed by atoms with Crippen molar-refractivity contribution < 1.29 is 14.7 Å². The van der Waals surface area contributed by atoms with E-state index in [0.29, 0.717) is 6.54 Å². The van der Waals surface area contributed by atoms with Gasteiger partial charge in [0, 0.05) is 12.6 Å². The highest BCUT2D eigenvalue weighted by molar-refractivity contribution is 8.00. The van der Waals surface area contributed by atoms with E-state index in [0.717, 1.165) is 18.4 Å². The van der Waals surface area contributed by atoms with Gasteiger partial charge in [0.2, 0.25) is 5.91 Å². The number of amides is 1. The Morgan fingerprint density at radius 1 is 1.32 bits per heavy atom. The van der Waals surface area contributed by atoms with Crippen LogP contribution in [0.4, 0.5) is 0 Å². The van der Waals surface area contributed by atoms with Crippen LogP contribution in [-0.4, -0.2) is 39.6 Å². The molecule has 22 heavy (non-hydrogen) atoms. The summed E-state index contributed by atoms with van der Waals surface area (Å²) in [5, 5.41) is 8.62. The first-order chi connectivity index (χ1) is 10.5. The summed E-state index contributed by atoms with van der Waals surface area (Å²) in [6.07, 6.45) is 5.24. The lowest BCUT2D eigenvalue weighted by atomic mass is 10.2. The highest BCUT2D eigenvalue weighted by atomic mass is 32.2. The molecule has 0 aliphatic carbocycles. The molecule has 1 aromatic carbocycles. The van der Waals surface area contributed by atoms with Gasteiger partial charge < -0.3 is 10.0 Å². The van der Waals surface area contributed by atoms with Crippen LogP contribution in [0.2, 0.25) is 0 Å². The first-order valence-corrected chi connectivity index (χ1v) is 8.46. The van der Waals surface area contributed by atoms with Gasteiger partial charge in [0.05, 0.1) is 11.1 Å². The molecule has 0 heterocycles. The van der Waals surface area contributed by atoms with E-state index in [1.165, 1.54) is 11.8 Å². The largest absolute Gasteiger partial charge is 0.481 e. The average Bonchev–Trinajstić information content (AvgIpc) is 2.52. The van der Waals surface area contributed by atoms with E-state index < -0.39 is 5.97 Å². The van der Waals surface area contributed by atoms with Crippen molar-refractivity contribution >= 4 is 29.7 Å². The summed E-state index contributed by atoms with van der Waals surface area (Å²) in [5.41, 5.74) is 0.970. The molecule has 1 N–H and O–H groups in total. The smallest absolute Gasteiger partial charge is 0.313 e. The Balaban J connectivity index is 2.70. The number of hydrogen-bond acceptors (Lipinski definition) is 3. The number of aliphatic carboxylic acids is 1. The SMILES string of the molecule is CCCCN(C(=O)/C=C/c1ccccc1)C(C)SCC(=O)O. The molecule has 1 amide bonds. The summed E-state index contributed by atoms with van der Waals surface area (Å²) >= 11 is 1.26. The molecule has 0 saturated carbocycles. The van der Waals surface area contributed by atoms with Crippen LogP contribution in [-0.2, 0) is 9.59 Å². The Bertz CT molecular complexity index is 502. The van der Waals surface area contributed by atoms with Gasteiger partial charge in [0.1, 0.15) is 0 Å². The first-order valence-electron chi connectivity index (χ1n) is 7.41. The number of unbranched alkanes of at least 4 members (excludes halogenated alkanes) is 1. The molecule has 0 bridgehead atoms. The highest BCUT2D eigenvalue weighted by Crippen LogP contribution is 2.17. The Labute approximate surface area is 136 Å². The lowest BCUT2D eigenvalue weighted by Crippen LogP contribution is -2.37. The molecule has 1 aromatic rings. The molecule has 1 atom stereocenters. The van der Waals surface area contributed by atoms with Gasteiger partial charge in [-0.2, -0.15) is 0 Å². The van der Waals surface area contributed by atoms with Crippen LogP contribution in [0, 0.1) is 0 Å². The van der Waals surface area contributed by atoms with E-state index in [2.05, 4.69) is 6.92 Å². The molecular weight excluding hydrogens is 298 g/mol. The van der Waals surface area contributed by atoms with Crippen LogP contribution in [0.5, 0.6) is 0 Å². The standard InChI is InChI=1S/C17H23NO3S/c1-3-4-12-18(14(2)22-13-17(20)21)16(19)11-10-15-8-6-5-7-9-15/h5-11,14H,3-4,12-13H2,1-2H3,(H,20,21)/b11-10+. The quantitative estimate of drug-likeness (QED) is 0.559. The number of hydrogen-bond donors (Lipinski definition) is 1. The molecule has 0 radical (unpaired) electrons. The number of carbonyl (C=O) groups excluding carboxylic acids is 1. The molecule has 1 rings (SSSR count). The zero-order valence-corrected chi connectivity index (χ0v) is 13.9. The third kappa shape index (κ3) is 6.80. The van der Waals surface area contributed by atoms with Crippen LogP contribution in [0.15, 0.2) is 36.4 Å². The second-order valence-electron chi connectivity index (χ2n) is 4.93. The monoisotopic (exact) mass is 321 g/mol. The minimum absolute atomic E-state index is 0.000525. The molecule has 0 saturated heterocycles. The Kier molecular flexibility index (Phi) is 8.36. The van der Waals surface area contributed by atoms with Gasteiger partial charge in [-0.3, -0.25) is 9.59 Å². The maximum absolute atomic E-state index is 12.4. The summed E-state index contributed by atoms with van der Waals surface area (Å²) in [7, 11) is 0. The fourth-order valence-corrected chi connectivity index (χ4v) is 2.68. The van der Waals surface area contributed by atoms with Crippen molar-refractivity contribution in [2.45, 2.75) is 32.1 Å². The fraction of sp³-hybridized carbons (Fsp3) is 0.412.